The van der Waals surface area contributed by atoms with Gasteiger partial charge in [0, 0.05) is 24.4 Å². The summed E-state index contributed by atoms with van der Waals surface area (Å²) in [7, 11) is 1.51. The van der Waals surface area contributed by atoms with Crippen molar-refractivity contribution in [3.05, 3.63) is 83.7 Å². The molecule has 0 saturated carbocycles. The average molecular weight is 572 g/mol. The molecule has 4 aromatic rings. The zero-order valence-corrected chi connectivity index (χ0v) is 21.8. The van der Waals surface area contributed by atoms with Gasteiger partial charge in [-0.05, 0) is 25.1 Å². The van der Waals surface area contributed by atoms with Gasteiger partial charge in [0.05, 0.1) is 47.6 Å². The average Bonchev–Trinajstić information content (AvgIpc) is 3.37. The molecule has 0 saturated heterocycles. The lowest BCUT2D eigenvalue weighted by Crippen LogP contribution is -2.54. The highest BCUT2D eigenvalue weighted by molar-refractivity contribution is 6.06. The monoisotopic (exact) mass is 571 g/mol. The SMILES string of the molecule is Cn1ccc(-c2cc(C(=O)Nc3cnc(CNC(=O)[C@](C)(N)CO)nc3-c3ccccc3)c(F)cc2C(F)(F)F)n1. The lowest BCUT2D eigenvalue weighted by Gasteiger charge is -2.20. The van der Waals surface area contributed by atoms with Gasteiger partial charge in [0.25, 0.3) is 5.91 Å². The molecule has 2 aromatic carbocycles. The van der Waals surface area contributed by atoms with Crippen molar-refractivity contribution in [2.75, 3.05) is 11.9 Å². The summed E-state index contributed by atoms with van der Waals surface area (Å²) in [5, 5.41) is 18.3. The number of aliphatic hydroxyl groups excluding tert-OH is 1. The van der Waals surface area contributed by atoms with Gasteiger partial charge in [-0.3, -0.25) is 14.3 Å². The molecular formula is C27H25F4N7O3. The number of halogens is 4. The number of hydrogen-bond donors (Lipinski definition) is 4. The number of rotatable bonds is 8. The number of carbonyl (C=O) groups is 2. The number of benzene rings is 2. The molecule has 1 atom stereocenters. The molecule has 2 amide bonds. The molecule has 14 heteroatoms. The van der Waals surface area contributed by atoms with Crippen molar-refractivity contribution in [2.24, 2.45) is 12.8 Å². The van der Waals surface area contributed by atoms with Crippen molar-refractivity contribution in [2.45, 2.75) is 25.2 Å². The molecule has 0 aliphatic heterocycles. The van der Waals surface area contributed by atoms with E-state index in [9.17, 15) is 32.3 Å². The van der Waals surface area contributed by atoms with Gasteiger partial charge in [0.2, 0.25) is 5.91 Å². The van der Waals surface area contributed by atoms with Gasteiger partial charge in [0.1, 0.15) is 17.2 Å². The molecule has 4 rings (SSSR count). The van der Waals surface area contributed by atoms with Crippen LogP contribution in [-0.4, -0.2) is 48.8 Å². The van der Waals surface area contributed by atoms with Crippen LogP contribution in [0.4, 0.5) is 23.2 Å². The van der Waals surface area contributed by atoms with Crippen LogP contribution in [0.25, 0.3) is 22.5 Å². The number of nitrogens with zero attached hydrogens (tertiary/aromatic N) is 4. The molecule has 0 aliphatic rings. The Morgan fingerprint density at radius 2 is 1.83 bits per heavy atom. The first-order valence-corrected chi connectivity index (χ1v) is 12.1. The van der Waals surface area contributed by atoms with Crippen LogP contribution in [0.1, 0.15) is 28.7 Å². The maximum atomic E-state index is 14.9. The van der Waals surface area contributed by atoms with E-state index in [2.05, 4.69) is 25.7 Å². The summed E-state index contributed by atoms with van der Waals surface area (Å²) in [5.41, 5.74) is 2.47. The number of aryl methyl sites for hydroxylation is 1. The summed E-state index contributed by atoms with van der Waals surface area (Å²) in [4.78, 5) is 34.0. The first-order valence-electron chi connectivity index (χ1n) is 12.1. The number of aromatic nitrogens is 4. The second-order valence-electron chi connectivity index (χ2n) is 9.38. The zero-order chi connectivity index (χ0) is 29.9. The van der Waals surface area contributed by atoms with E-state index in [1.54, 1.807) is 30.3 Å². The lowest BCUT2D eigenvalue weighted by molar-refractivity contribution is -0.137. The fraction of sp³-hybridized carbons (Fsp3) is 0.222. The molecule has 0 fully saturated rings. The van der Waals surface area contributed by atoms with Gasteiger partial charge in [0.15, 0.2) is 0 Å². The fourth-order valence-electron chi connectivity index (χ4n) is 3.79. The van der Waals surface area contributed by atoms with Crippen LogP contribution >= 0.6 is 0 Å². The normalized spacial score (nSPS) is 13.0. The van der Waals surface area contributed by atoms with E-state index in [0.29, 0.717) is 5.56 Å². The fourth-order valence-corrected chi connectivity index (χ4v) is 3.79. The minimum Gasteiger partial charge on any atom is -0.394 e. The highest BCUT2D eigenvalue weighted by Gasteiger charge is 2.36. The predicted octanol–water partition coefficient (Wildman–Crippen LogP) is 3.28. The van der Waals surface area contributed by atoms with E-state index < -0.39 is 52.6 Å². The topological polar surface area (TPSA) is 148 Å². The van der Waals surface area contributed by atoms with Gasteiger partial charge in [-0.25, -0.2) is 14.4 Å². The van der Waals surface area contributed by atoms with Gasteiger partial charge in [-0.2, -0.15) is 18.3 Å². The van der Waals surface area contributed by atoms with Crippen molar-refractivity contribution in [1.82, 2.24) is 25.1 Å². The van der Waals surface area contributed by atoms with Crippen LogP contribution in [0.2, 0.25) is 0 Å². The van der Waals surface area contributed by atoms with E-state index in [0.717, 1.165) is 6.07 Å². The van der Waals surface area contributed by atoms with Crippen molar-refractivity contribution >= 4 is 17.5 Å². The third-order valence-corrected chi connectivity index (χ3v) is 6.04. The van der Waals surface area contributed by atoms with Crippen LogP contribution < -0.4 is 16.4 Å². The van der Waals surface area contributed by atoms with Crippen LogP contribution in [-0.2, 0) is 24.6 Å². The van der Waals surface area contributed by atoms with Crippen molar-refractivity contribution < 1.29 is 32.3 Å². The Kier molecular flexibility index (Phi) is 8.17. The Hall–Kier alpha value is -4.69. The minimum absolute atomic E-state index is 0.0361. The number of alkyl halides is 3. The molecule has 0 radical (unpaired) electrons. The molecule has 5 N–H and O–H groups in total. The zero-order valence-electron chi connectivity index (χ0n) is 21.8. The van der Waals surface area contributed by atoms with E-state index in [1.165, 1.54) is 37.1 Å². The summed E-state index contributed by atoms with van der Waals surface area (Å²) >= 11 is 0. The predicted molar refractivity (Wildman–Crippen MR) is 141 cm³/mol. The number of nitrogens with one attached hydrogen (secondary N) is 2. The molecule has 2 aromatic heterocycles. The lowest BCUT2D eigenvalue weighted by atomic mass is 9.99. The number of aliphatic hydroxyl groups is 1. The van der Waals surface area contributed by atoms with Crippen molar-refractivity contribution in [3.63, 3.8) is 0 Å². The van der Waals surface area contributed by atoms with Gasteiger partial charge >= 0.3 is 6.18 Å². The number of nitrogens with two attached hydrogens (primary N) is 1. The maximum absolute atomic E-state index is 14.9. The second kappa shape index (κ2) is 11.4. The second-order valence-corrected chi connectivity index (χ2v) is 9.38. The van der Waals surface area contributed by atoms with Crippen molar-refractivity contribution in [3.8, 4) is 22.5 Å². The van der Waals surface area contributed by atoms with E-state index in [1.807, 2.05) is 0 Å². The largest absolute Gasteiger partial charge is 0.417 e. The molecule has 2 heterocycles. The standard InChI is InChI=1S/C27H25F4N7O3/c1-26(32,14-39)25(41)34-13-22-33-12-21(23(36-22)15-6-4-3-5-7-15)35-24(40)17-10-16(20-8-9-38(2)37-20)18(11-19(17)28)27(29,30)31/h3-12,39H,13-14,32H2,1-2H3,(H,34,41)(H,35,40)/t26-/m1/s1. The molecule has 0 spiro atoms. The number of amides is 2. The van der Waals surface area contributed by atoms with E-state index in [4.69, 9.17) is 5.73 Å². The highest BCUT2D eigenvalue weighted by atomic mass is 19.4. The van der Waals surface area contributed by atoms with Crippen LogP contribution in [0.15, 0.2) is 60.9 Å². The first kappa shape index (κ1) is 29.3. The molecule has 10 nitrogen and oxygen atoms in total. The summed E-state index contributed by atoms with van der Waals surface area (Å²) in [6.45, 7) is 0.583. The number of carbonyl (C=O) groups excluding carboxylic acids is 2. The van der Waals surface area contributed by atoms with Crippen LogP contribution in [0.5, 0.6) is 0 Å². The molecule has 0 aliphatic carbocycles. The minimum atomic E-state index is -4.90. The molecular weight excluding hydrogens is 546 g/mol. The molecule has 0 unspecified atom stereocenters. The molecule has 0 bridgehead atoms. The number of hydrogen-bond acceptors (Lipinski definition) is 7. The summed E-state index contributed by atoms with van der Waals surface area (Å²) < 4.78 is 57.4. The Bertz CT molecular complexity index is 1590. The van der Waals surface area contributed by atoms with E-state index >= 15 is 0 Å². The highest BCUT2D eigenvalue weighted by Crippen LogP contribution is 2.38. The van der Waals surface area contributed by atoms with Gasteiger partial charge in [-0.15, -0.1) is 0 Å². The third kappa shape index (κ3) is 6.56. The Balaban J connectivity index is 1.70. The van der Waals surface area contributed by atoms with Gasteiger partial charge < -0.3 is 21.5 Å². The third-order valence-electron chi connectivity index (χ3n) is 6.04. The Morgan fingerprint density at radius 1 is 1.12 bits per heavy atom. The first-order chi connectivity index (χ1) is 19.3. The van der Waals surface area contributed by atoms with Crippen LogP contribution in [0, 0.1) is 5.82 Å². The Labute approximate surface area is 231 Å². The quantitative estimate of drug-likeness (QED) is 0.237. The smallest absolute Gasteiger partial charge is 0.394 e. The number of anilines is 1. The van der Waals surface area contributed by atoms with Crippen LogP contribution in [0.3, 0.4) is 0 Å². The van der Waals surface area contributed by atoms with E-state index in [-0.39, 0.29) is 35.5 Å². The Morgan fingerprint density at radius 3 is 2.44 bits per heavy atom. The molecule has 214 valence electrons. The van der Waals surface area contributed by atoms with Gasteiger partial charge in [-0.1, -0.05) is 30.3 Å². The van der Waals surface area contributed by atoms with Crippen molar-refractivity contribution in [1.29, 1.82) is 0 Å². The summed E-state index contributed by atoms with van der Waals surface area (Å²) in [5.74, 6) is -2.95. The summed E-state index contributed by atoms with van der Waals surface area (Å²) in [6, 6.07) is 10.9. The summed E-state index contributed by atoms with van der Waals surface area (Å²) in [6.07, 6.45) is -2.26. The maximum Gasteiger partial charge on any atom is 0.417 e. The molecule has 41 heavy (non-hydrogen) atoms.